The van der Waals surface area contributed by atoms with Crippen LogP contribution in [0.4, 0.5) is 4.39 Å². The molecule has 0 amide bonds. The topological polar surface area (TPSA) is 0 Å². The van der Waals surface area contributed by atoms with Crippen molar-refractivity contribution in [2.45, 2.75) is 51.1 Å². The highest BCUT2D eigenvalue weighted by molar-refractivity contribution is 4.93. The maximum absolute atomic E-state index is 12.5. The van der Waals surface area contributed by atoms with E-state index in [0.29, 0.717) is 6.42 Å². The van der Waals surface area contributed by atoms with Crippen molar-refractivity contribution >= 4 is 0 Å². The van der Waals surface area contributed by atoms with Crippen molar-refractivity contribution in [2.24, 2.45) is 0 Å². The summed E-state index contributed by atoms with van der Waals surface area (Å²) < 4.78 is 12.5. The van der Waals surface area contributed by atoms with Gasteiger partial charge in [0.25, 0.3) is 0 Å². The number of halogens is 1. The lowest BCUT2D eigenvalue weighted by molar-refractivity contribution is 0.376. The summed E-state index contributed by atoms with van der Waals surface area (Å²) in [4.78, 5) is 0. The second-order valence-corrected chi connectivity index (χ2v) is 3.27. The Morgan fingerprint density at radius 2 is 1.85 bits per heavy atom. The molecule has 0 spiro atoms. The Morgan fingerprint density at radius 3 is 2.46 bits per heavy atom. The highest BCUT2D eigenvalue weighted by atomic mass is 19.1. The second-order valence-electron chi connectivity index (χ2n) is 3.27. The molecule has 1 atom stereocenters. The lowest BCUT2D eigenvalue weighted by atomic mass is 10.1. The molecule has 1 heteroatoms. The van der Waals surface area contributed by atoms with Crippen LogP contribution in [-0.4, -0.2) is 6.17 Å². The minimum Gasteiger partial charge on any atom is -0.233 e. The van der Waals surface area contributed by atoms with Crippen molar-refractivity contribution in [1.29, 1.82) is 0 Å². The fourth-order valence-electron chi connectivity index (χ4n) is 1.23. The minimum atomic E-state index is -1.03. The summed E-state index contributed by atoms with van der Waals surface area (Å²) in [6.45, 7) is 3.66. The van der Waals surface area contributed by atoms with E-state index in [-0.39, 0.29) is 0 Å². The van der Waals surface area contributed by atoms with E-state index in [4.69, 9.17) is 6.42 Å². The van der Waals surface area contributed by atoms with Crippen LogP contribution in [0.25, 0.3) is 0 Å². The Balaban J connectivity index is 3.00. The van der Waals surface area contributed by atoms with Gasteiger partial charge in [0.1, 0.15) is 0 Å². The summed E-state index contributed by atoms with van der Waals surface area (Å²) >= 11 is 0. The molecule has 0 nitrogen and oxygen atoms in total. The van der Waals surface area contributed by atoms with Gasteiger partial charge in [-0.25, -0.2) is 4.39 Å². The van der Waals surface area contributed by atoms with Gasteiger partial charge in [-0.05, 0) is 25.7 Å². The summed E-state index contributed by atoms with van der Waals surface area (Å²) in [7, 11) is 0. The first-order chi connectivity index (χ1) is 6.31. The van der Waals surface area contributed by atoms with Crippen LogP contribution >= 0.6 is 0 Å². The maximum atomic E-state index is 12.5. The molecule has 0 bridgehead atoms. The molecular weight excluding hydrogens is 163 g/mol. The monoisotopic (exact) mass is 182 g/mol. The summed E-state index contributed by atoms with van der Waals surface area (Å²) in [5, 5.41) is 0. The van der Waals surface area contributed by atoms with Crippen LogP contribution in [-0.2, 0) is 0 Å². The first kappa shape index (κ1) is 12.2. The van der Waals surface area contributed by atoms with Crippen LogP contribution in [0.15, 0.2) is 12.7 Å². The van der Waals surface area contributed by atoms with E-state index < -0.39 is 6.17 Å². The van der Waals surface area contributed by atoms with Crippen molar-refractivity contribution in [3.05, 3.63) is 12.7 Å². The molecule has 0 aromatic heterocycles. The zero-order chi connectivity index (χ0) is 9.94. The molecule has 1 unspecified atom stereocenters. The van der Waals surface area contributed by atoms with Gasteiger partial charge < -0.3 is 0 Å². The molecule has 0 N–H and O–H groups in total. The van der Waals surface area contributed by atoms with Crippen LogP contribution < -0.4 is 0 Å². The third-order valence-electron chi connectivity index (χ3n) is 2.05. The zero-order valence-electron chi connectivity index (χ0n) is 8.27. The molecule has 0 aromatic carbocycles. The van der Waals surface area contributed by atoms with E-state index in [1.807, 2.05) is 6.08 Å². The average molecular weight is 182 g/mol. The number of hydrogen-bond donors (Lipinski definition) is 0. The molecule has 0 fully saturated rings. The Bertz CT molecular complexity index is 155. The maximum Gasteiger partial charge on any atom is 0.160 e. The quantitative estimate of drug-likeness (QED) is 0.303. The first-order valence-corrected chi connectivity index (χ1v) is 5.02. The van der Waals surface area contributed by atoms with Gasteiger partial charge in [0, 0.05) is 0 Å². The van der Waals surface area contributed by atoms with E-state index in [9.17, 15) is 4.39 Å². The minimum absolute atomic E-state index is 0.526. The largest absolute Gasteiger partial charge is 0.233 e. The van der Waals surface area contributed by atoms with Crippen molar-refractivity contribution in [1.82, 2.24) is 0 Å². The molecule has 0 aliphatic heterocycles. The number of hydrogen-bond acceptors (Lipinski definition) is 0. The molecular formula is C12H19F. The molecule has 0 aliphatic rings. The molecule has 0 aromatic rings. The zero-order valence-corrected chi connectivity index (χ0v) is 8.27. The Hall–Kier alpha value is -0.770. The number of alkyl halides is 1. The number of unbranched alkanes of at least 4 members (excludes halogenated alkanes) is 5. The van der Waals surface area contributed by atoms with Gasteiger partial charge in [0.15, 0.2) is 6.17 Å². The number of terminal acetylenes is 1. The standard InChI is InChI=1S/C12H19F/c1-3-5-6-7-8-9-10-11-12(13)4-2/h2-3,12H,1,5-11H2. The van der Waals surface area contributed by atoms with Gasteiger partial charge in [0.2, 0.25) is 0 Å². The van der Waals surface area contributed by atoms with Crippen molar-refractivity contribution in [2.75, 3.05) is 0 Å². The SMILES string of the molecule is C#CC(F)CCCCCCCC=C. The first-order valence-electron chi connectivity index (χ1n) is 5.02. The fraction of sp³-hybridized carbons (Fsp3) is 0.667. The summed E-state index contributed by atoms with van der Waals surface area (Å²) in [5.41, 5.74) is 0. The molecule has 0 aliphatic carbocycles. The van der Waals surface area contributed by atoms with Gasteiger partial charge in [-0.1, -0.05) is 31.3 Å². The molecule has 13 heavy (non-hydrogen) atoms. The Kier molecular flexibility index (Phi) is 8.77. The molecule has 0 heterocycles. The summed E-state index contributed by atoms with van der Waals surface area (Å²) in [5.74, 6) is 2.10. The lowest BCUT2D eigenvalue weighted by Gasteiger charge is -2.00. The predicted molar refractivity (Wildman–Crippen MR) is 56.2 cm³/mol. The average Bonchev–Trinajstić information content (AvgIpc) is 2.16. The van der Waals surface area contributed by atoms with E-state index in [1.165, 1.54) is 19.3 Å². The normalized spacial score (nSPS) is 12.0. The summed E-state index contributed by atoms with van der Waals surface area (Å²) in [6, 6.07) is 0. The molecule has 0 saturated carbocycles. The highest BCUT2D eigenvalue weighted by Crippen LogP contribution is 2.09. The van der Waals surface area contributed by atoms with Crippen LogP contribution in [0.2, 0.25) is 0 Å². The van der Waals surface area contributed by atoms with E-state index in [0.717, 1.165) is 19.3 Å². The van der Waals surface area contributed by atoms with Gasteiger partial charge in [-0.15, -0.1) is 13.0 Å². The van der Waals surface area contributed by atoms with Crippen molar-refractivity contribution in [3.8, 4) is 12.3 Å². The van der Waals surface area contributed by atoms with Crippen molar-refractivity contribution < 1.29 is 4.39 Å². The van der Waals surface area contributed by atoms with Gasteiger partial charge in [-0.3, -0.25) is 0 Å². The van der Waals surface area contributed by atoms with Crippen LogP contribution in [0, 0.1) is 12.3 Å². The third-order valence-corrected chi connectivity index (χ3v) is 2.05. The summed E-state index contributed by atoms with van der Waals surface area (Å²) in [6.07, 6.45) is 13.1. The molecule has 0 saturated heterocycles. The van der Waals surface area contributed by atoms with Gasteiger partial charge in [0.05, 0.1) is 0 Å². The van der Waals surface area contributed by atoms with E-state index in [2.05, 4.69) is 12.5 Å². The highest BCUT2D eigenvalue weighted by Gasteiger charge is 1.99. The number of allylic oxidation sites excluding steroid dienone is 1. The Labute approximate surface area is 81.2 Å². The van der Waals surface area contributed by atoms with E-state index >= 15 is 0 Å². The van der Waals surface area contributed by atoms with Crippen LogP contribution in [0.3, 0.4) is 0 Å². The third kappa shape index (κ3) is 9.14. The second kappa shape index (κ2) is 9.32. The fourth-order valence-corrected chi connectivity index (χ4v) is 1.23. The smallest absolute Gasteiger partial charge is 0.160 e. The van der Waals surface area contributed by atoms with Gasteiger partial charge >= 0.3 is 0 Å². The van der Waals surface area contributed by atoms with Gasteiger partial charge in [-0.2, -0.15) is 0 Å². The van der Waals surface area contributed by atoms with E-state index in [1.54, 1.807) is 0 Å². The van der Waals surface area contributed by atoms with Crippen LogP contribution in [0.5, 0.6) is 0 Å². The number of rotatable bonds is 8. The van der Waals surface area contributed by atoms with Crippen molar-refractivity contribution in [3.63, 3.8) is 0 Å². The van der Waals surface area contributed by atoms with Crippen LogP contribution in [0.1, 0.15) is 44.9 Å². The molecule has 74 valence electrons. The lowest BCUT2D eigenvalue weighted by Crippen LogP contribution is -1.94. The molecule has 0 radical (unpaired) electrons. The Morgan fingerprint density at radius 1 is 1.23 bits per heavy atom. The molecule has 0 rings (SSSR count). The predicted octanol–water partition coefficient (Wildman–Crippen LogP) is 3.87.